The largest absolute Gasteiger partial charge is 0.494 e. The van der Waals surface area contributed by atoms with Crippen molar-refractivity contribution in [3.8, 4) is 5.75 Å². The third kappa shape index (κ3) is 3.65. The van der Waals surface area contributed by atoms with Gasteiger partial charge in [-0.05, 0) is 37.1 Å². The summed E-state index contributed by atoms with van der Waals surface area (Å²) in [6, 6.07) is 11.4. The van der Waals surface area contributed by atoms with Crippen LogP contribution in [0.2, 0.25) is 0 Å². The number of aryl methyl sites for hydroxylation is 1. The minimum Gasteiger partial charge on any atom is -0.494 e. The summed E-state index contributed by atoms with van der Waals surface area (Å²) < 4.78 is 5.55. The highest BCUT2D eigenvalue weighted by Gasteiger charge is 2.08. The van der Waals surface area contributed by atoms with Crippen LogP contribution in [0.3, 0.4) is 0 Å². The van der Waals surface area contributed by atoms with Crippen LogP contribution in [-0.2, 0) is 6.42 Å². The van der Waals surface area contributed by atoms with E-state index in [0.29, 0.717) is 25.0 Å². The quantitative estimate of drug-likeness (QED) is 0.743. The van der Waals surface area contributed by atoms with Gasteiger partial charge in [-0.15, -0.1) is 0 Å². The molecule has 0 unspecified atom stereocenters. The molecular formula is C16H17NO2. The number of hydrogen-bond donors (Lipinski definition) is 0. The van der Waals surface area contributed by atoms with Gasteiger partial charge < -0.3 is 4.74 Å². The minimum absolute atomic E-state index is 0.111. The van der Waals surface area contributed by atoms with Crippen LogP contribution in [0.1, 0.15) is 29.3 Å². The van der Waals surface area contributed by atoms with Crippen molar-refractivity contribution in [2.45, 2.75) is 19.8 Å². The Labute approximate surface area is 113 Å². The number of carbonyl (C=O) groups excluding carboxylic acids is 1. The third-order valence-corrected chi connectivity index (χ3v) is 2.88. The number of aromatic nitrogens is 1. The number of hydrogen-bond acceptors (Lipinski definition) is 3. The predicted molar refractivity (Wildman–Crippen MR) is 74.5 cm³/mol. The van der Waals surface area contributed by atoms with Gasteiger partial charge in [0, 0.05) is 24.4 Å². The lowest BCUT2D eigenvalue weighted by Crippen LogP contribution is -2.03. The summed E-state index contributed by atoms with van der Waals surface area (Å²) >= 11 is 0. The molecule has 3 nitrogen and oxygen atoms in total. The van der Waals surface area contributed by atoms with Crippen molar-refractivity contribution in [2.75, 3.05) is 6.61 Å². The highest BCUT2D eigenvalue weighted by atomic mass is 16.5. The number of pyridine rings is 1. The van der Waals surface area contributed by atoms with E-state index < -0.39 is 0 Å². The fourth-order valence-electron chi connectivity index (χ4n) is 1.93. The Morgan fingerprint density at radius 2 is 2.05 bits per heavy atom. The first-order valence-corrected chi connectivity index (χ1v) is 6.45. The minimum atomic E-state index is 0.111. The van der Waals surface area contributed by atoms with Crippen molar-refractivity contribution in [3.05, 3.63) is 59.9 Å². The van der Waals surface area contributed by atoms with E-state index >= 15 is 0 Å². The maximum Gasteiger partial charge on any atom is 0.164 e. The summed E-state index contributed by atoms with van der Waals surface area (Å²) in [5.41, 5.74) is 1.73. The molecule has 2 aromatic rings. The topological polar surface area (TPSA) is 39.2 Å². The van der Waals surface area contributed by atoms with E-state index in [1.807, 2.05) is 31.2 Å². The molecule has 1 aromatic heterocycles. The zero-order valence-electron chi connectivity index (χ0n) is 11.0. The first-order chi connectivity index (χ1) is 9.31. The van der Waals surface area contributed by atoms with E-state index in [-0.39, 0.29) is 5.78 Å². The van der Waals surface area contributed by atoms with Crippen LogP contribution < -0.4 is 4.74 Å². The van der Waals surface area contributed by atoms with Gasteiger partial charge in [-0.2, -0.15) is 0 Å². The van der Waals surface area contributed by atoms with Crippen LogP contribution in [-0.4, -0.2) is 17.4 Å². The van der Waals surface area contributed by atoms with Crippen molar-refractivity contribution < 1.29 is 9.53 Å². The first kappa shape index (κ1) is 13.3. The average molecular weight is 255 g/mol. The number of ketones is 1. The van der Waals surface area contributed by atoms with Gasteiger partial charge >= 0.3 is 0 Å². The molecule has 2 rings (SSSR count). The maximum absolute atomic E-state index is 12.0. The molecule has 98 valence electrons. The molecule has 19 heavy (non-hydrogen) atoms. The van der Waals surface area contributed by atoms with Gasteiger partial charge in [-0.3, -0.25) is 9.78 Å². The van der Waals surface area contributed by atoms with E-state index in [1.165, 1.54) is 0 Å². The molecule has 0 aliphatic heterocycles. The number of para-hydroxylation sites is 1. The summed E-state index contributed by atoms with van der Waals surface area (Å²) in [7, 11) is 0. The lowest BCUT2D eigenvalue weighted by molar-refractivity contribution is 0.0982. The van der Waals surface area contributed by atoms with Gasteiger partial charge in [0.15, 0.2) is 5.78 Å². The number of carbonyl (C=O) groups is 1. The van der Waals surface area contributed by atoms with Crippen molar-refractivity contribution in [2.24, 2.45) is 0 Å². The Hall–Kier alpha value is -2.16. The molecule has 0 fully saturated rings. The number of benzene rings is 1. The van der Waals surface area contributed by atoms with E-state index in [0.717, 1.165) is 11.3 Å². The molecule has 1 heterocycles. The van der Waals surface area contributed by atoms with Crippen LogP contribution in [0.4, 0.5) is 0 Å². The molecule has 0 saturated carbocycles. The zero-order valence-corrected chi connectivity index (χ0v) is 11.0. The molecule has 0 radical (unpaired) electrons. The van der Waals surface area contributed by atoms with E-state index in [9.17, 15) is 4.79 Å². The fourth-order valence-corrected chi connectivity index (χ4v) is 1.93. The fraction of sp³-hybridized carbons (Fsp3) is 0.250. The first-order valence-electron chi connectivity index (χ1n) is 6.45. The van der Waals surface area contributed by atoms with E-state index in [1.54, 1.807) is 24.5 Å². The molecule has 0 aliphatic rings. The van der Waals surface area contributed by atoms with Gasteiger partial charge in [-0.25, -0.2) is 0 Å². The third-order valence-electron chi connectivity index (χ3n) is 2.88. The normalized spacial score (nSPS) is 10.2. The molecular weight excluding hydrogens is 238 g/mol. The van der Waals surface area contributed by atoms with Crippen LogP contribution in [0, 0.1) is 0 Å². The summed E-state index contributed by atoms with van der Waals surface area (Å²) in [4.78, 5) is 16.0. The Kier molecular flexibility index (Phi) is 4.67. The van der Waals surface area contributed by atoms with Crippen molar-refractivity contribution in [3.63, 3.8) is 0 Å². The Morgan fingerprint density at radius 1 is 1.21 bits per heavy atom. The number of rotatable bonds is 6. The smallest absolute Gasteiger partial charge is 0.164 e. The van der Waals surface area contributed by atoms with Gasteiger partial charge in [-0.1, -0.05) is 18.2 Å². The molecule has 3 heteroatoms. The van der Waals surface area contributed by atoms with Gasteiger partial charge in [0.25, 0.3) is 0 Å². The highest BCUT2D eigenvalue weighted by Crippen LogP contribution is 2.20. The molecule has 0 N–H and O–H groups in total. The zero-order chi connectivity index (χ0) is 13.5. The summed E-state index contributed by atoms with van der Waals surface area (Å²) in [6.07, 6.45) is 4.43. The van der Waals surface area contributed by atoms with Gasteiger partial charge in [0.2, 0.25) is 0 Å². The lowest BCUT2D eigenvalue weighted by Gasteiger charge is -2.09. The Morgan fingerprint density at radius 3 is 2.79 bits per heavy atom. The summed E-state index contributed by atoms with van der Waals surface area (Å²) in [5.74, 6) is 0.975. The van der Waals surface area contributed by atoms with Crippen LogP contribution in [0.25, 0.3) is 0 Å². The molecule has 0 saturated heterocycles. The number of Topliss-reactive ketones (excluding diaryl/α,β-unsaturated/α-hetero) is 1. The Balaban J connectivity index is 2.01. The van der Waals surface area contributed by atoms with Crippen LogP contribution in [0.5, 0.6) is 5.75 Å². The second kappa shape index (κ2) is 6.69. The highest BCUT2D eigenvalue weighted by molar-refractivity contribution is 5.95. The maximum atomic E-state index is 12.0. The second-order valence-corrected chi connectivity index (χ2v) is 4.21. The van der Waals surface area contributed by atoms with Crippen molar-refractivity contribution in [1.82, 2.24) is 4.98 Å². The number of ether oxygens (including phenoxy) is 1. The molecule has 0 spiro atoms. The van der Waals surface area contributed by atoms with Crippen molar-refractivity contribution in [1.29, 1.82) is 0 Å². The van der Waals surface area contributed by atoms with E-state index in [2.05, 4.69) is 4.98 Å². The molecule has 0 amide bonds. The summed E-state index contributed by atoms with van der Waals surface area (Å²) in [6.45, 7) is 2.59. The van der Waals surface area contributed by atoms with Gasteiger partial charge in [0.05, 0.1) is 6.61 Å². The van der Waals surface area contributed by atoms with Crippen molar-refractivity contribution >= 4 is 5.78 Å². The SMILES string of the molecule is CCOc1ccccc1CCC(=O)c1cccnc1. The predicted octanol–water partition coefficient (Wildman–Crippen LogP) is 3.30. The Bertz CT molecular complexity index is 537. The van der Waals surface area contributed by atoms with Crippen LogP contribution >= 0.6 is 0 Å². The molecule has 1 aromatic carbocycles. The molecule has 0 bridgehead atoms. The second-order valence-electron chi connectivity index (χ2n) is 4.21. The standard InChI is InChI=1S/C16H17NO2/c1-2-19-16-8-4-3-6-13(16)9-10-15(18)14-7-5-11-17-12-14/h3-8,11-12H,2,9-10H2,1H3. The van der Waals surface area contributed by atoms with Crippen LogP contribution in [0.15, 0.2) is 48.8 Å². The number of nitrogens with zero attached hydrogens (tertiary/aromatic N) is 1. The summed E-state index contributed by atoms with van der Waals surface area (Å²) in [5, 5.41) is 0. The van der Waals surface area contributed by atoms with Gasteiger partial charge in [0.1, 0.15) is 5.75 Å². The average Bonchev–Trinajstić information content (AvgIpc) is 2.47. The monoisotopic (exact) mass is 255 g/mol. The molecule has 0 aliphatic carbocycles. The molecule has 0 atom stereocenters. The van der Waals surface area contributed by atoms with E-state index in [4.69, 9.17) is 4.74 Å². The lowest BCUT2D eigenvalue weighted by atomic mass is 10.0.